The average molecular weight is 257 g/mol. The Morgan fingerprint density at radius 2 is 2.05 bits per heavy atom. The molecule has 0 saturated carbocycles. The molecule has 0 bridgehead atoms. The molecular formula is C17H23NO. The van der Waals surface area contributed by atoms with Crippen LogP contribution >= 0.6 is 0 Å². The van der Waals surface area contributed by atoms with Crippen molar-refractivity contribution in [1.29, 1.82) is 0 Å². The van der Waals surface area contributed by atoms with Gasteiger partial charge in [-0.3, -0.25) is 4.90 Å². The lowest BCUT2D eigenvalue weighted by molar-refractivity contribution is 0.0628. The second kappa shape index (κ2) is 6.69. The van der Waals surface area contributed by atoms with Gasteiger partial charge in [0.05, 0.1) is 12.7 Å². The Balaban J connectivity index is 1.94. The number of ether oxygens (including phenoxy) is 1. The standard InChI is InChI=1S/C17H23NO/c1-4-9-17(19-12-5-2)16-13-18(16)14(3)15-10-7-6-8-11-15/h4-8,10-11,14,16-17H,1-2,9,12-13H2,3H3/t14-,16?,17+,18?/m1/s1. The summed E-state index contributed by atoms with van der Waals surface area (Å²) in [6.45, 7) is 11.5. The van der Waals surface area contributed by atoms with E-state index in [-0.39, 0.29) is 6.10 Å². The molecule has 1 fully saturated rings. The van der Waals surface area contributed by atoms with Crippen molar-refractivity contribution >= 4 is 0 Å². The molecule has 0 N–H and O–H groups in total. The summed E-state index contributed by atoms with van der Waals surface area (Å²) in [5.74, 6) is 0. The molecule has 1 saturated heterocycles. The predicted molar refractivity (Wildman–Crippen MR) is 80.1 cm³/mol. The van der Waals surface area contributed by atoms with Crippen LogP contribution in [0.4, 0.5) is 0 Å². The van der Waals surface area contributed by atoms with Gasteiger partial charge in [0.1, 0.15) is 0 Å². The van der Waals surface area contributed by atoms with Crippen molar-refractivity contribution in [2.24, 2.45) is 0 Å². The van der Waals surface area contributed by atoms with E-state index in [9.17, 15) is 0 Å². The largest absolute Gasteiger partial charge is 0.372 e. The van der Waals surface area contributed by atoms with Gasteiger partial charge in [-0.05, 0) is 18.9 Å². The molecule has 1 aromatic carbocycles. The monoisotopic (exact) mass is 257 g/mol. The van der Waals surface area contributed by atoms with Crippen molar-refractivity contribution < 1.29 is 4.74 Å². The van der Waals surface area contributed by atoms with Crippen LogP contribution in [0.15, 0.2) is 55.6 Å². The van der Waals surface area contributed by atoms with Crippen molar-refractivity contribution in [3.63, 3.8) is 0 Å². The summed E-state index contributed by atoms with van der Waals surface area (Å²) in [6.07, 6.45) is 4.89. The fourth-order valence-corrected chi connectivity index (χ4v) is 2.56. The maximum Gasteiger partial charge on any atom is 0.0781 e. The highest BCUT2D eigenvalue weighted by atomic mass is 16.5. The SMILES string of the molecule is C=CCO[C@@H](CC=C)C1CN1[C@H](C)c1ccccc1. The van der Waals surface area contributed by atoms with E-state index in [0.29, 0.717) is 18.7 Å². The van der Waals surface area contributed by atoms with E-state index in [2.05, 4.69) is 55.3 Å². The lowest BCUT2D eigenvalue weighted by Crippen LogP contribution is -2.24. The Bertz CT molecular complexity index is 415. The number of benzene rings is 1. The van der Waals surface area contributed by atoms with Crippen molar-refractivity contribution in [2.75, 3.05) is 13.2 Å². The number of hydrogen-bond acceptors (Lipinski definition) is 2. The minimum absolute atomic E-state index is 0.238. The van der Waals surface area contributed by atoms with Gasteiger partial charge in [-0.25, -0.2) is 0 Å². The molecule has 1 heterocycles. The Labute approximate surface area is 116 Å². The van der Waals surface area contributed by atoms with Crippen LogP contribution in [-0.2, 0) is 4.74 Å². The van der Waals surface area contributed by atoms with Crippen LogP contribution in [0.25, 0.3) is 0 Å². The molecule has 2 heteroatoms. The van der Waals surface area contributed by atoms with E-state index in [0.717, 1.165) is 13.0 Å². The van der Waals surface area contributed by atoms with Gasteiger partial charge in [0.15, 0.2) is 0 Å². The normalized spacial score (nSPS) is 24.5. The summed E-state index contributed by atoms with van der Waals surface area (Å²) >= 11 is 0. The van der Waals surface area contributed by atoms with Gasteiger partial charge in [-0.15, -0.1) is 13.2 Å². The second-order valence-electron chi connectivity index (χ2n) is 5.04. The first-order chi connectivity index (χ1) is 9.27. The highest BCUT2D eigenvalue weighted by Crippen LogP contribution is 2.35. The molecule has 0 radical (unpaired) electrons. The first-order valence-electron chi connectivity index (χ1n) is 6.92. The molecule has 19 heavy (non-hydrogen) atoms. The molecule has 1 aliphatic rings. The van der Waals surface area contributed by atoms with Crippen molar-refractivity contribution in [3.05, 3.63) is 61.2 Å². The van der Waals surface area contributed by atoms with Crippen molar-refractivity contribution in [1.82, 2.24) is 4.90 Å². The zero-order valence-electron chi connectivity index (χ0n) is 11.7. The number of rotatable bonds is 8. The minimum Gasteiger partial charge on any atom is -0.372 e. The highest BCUT2D eigenvalue weighted by molar-refractivity contribution is 5.20. The maximum absolute atomic E-state index is 5.84. The Morgan fingerprint density at radius 1 is 1.32 bits per heavy atom. The summed E-state index contributed by atoms with van der Waals surface area (Å²) in [6, 6.07) is 11.6. The number of nitrogens with zero attached hydrogens (tertiary/aromatic N) is 1. The van der Waals surface area contributed by atoms with Gasteiger partial charge in [-0.2, -0.15) is 0 Å². The third-order valence-electron chi connectivity index (χ3n) is 3.73. The van der Waals surface area contributed by atoms with Gasteiger partial charge < -0.3 is 4.74 Å². The first-order valence-corrected chi connectivity index (χ1v) is 6.92. The van der Waals surface area contributed by atoms with Gasteiger partial charge in [0.2, 0.25) is 0 Å². The molecule has 2 nitrogen and oxygen atoms in total. The smallest absolute Gasteiger partial charge is 0.0781 e. The van der Waals surface area contributed by atoms with Gasteiger partial charge in [0.25, 0.3) is 0 Å². The quantitative estimate of drug-likeness (QED) is 0.521. The zero-order chi connectivity index (χ0) is 13.7. The van der Waals surface area contributed by atoms with Crippen LogP contribution in [0.5, 0.6) is 0 Å². The van der Waals surface area contributed by atoms with Gasteiger partial charge in [-0.1, -0.05) is 42.5 Å². The summed E-state index contributed by atoms with van der Waals surface area (Å²) in [5.41, 5.74) is 1.37. The molecule has 4 atom stereocenters. The molecule has 0 aliphatic carbocycles. The molecular weight excluding hydrogens is 234 g/mol. The lowest BCUT2D eigenvalue weighted by atomic mass is 10.1. The van der Waals surface area contributed by atoms with Gasteiger partial charge in [0, 0.05) is 18.6 Å². The molecule has 2 unspecified atom stereocenters. The van der Waals surface area contributed by atoms with Crippen LogP contribution in [0.2, 0.25) is 0 Å². The second-order valence-corrected chi connectivity index (χ2v) is 5.04. The topological polar surface area (TPSA) is 12.2 Å². The summed E-state index contributed by atoms with van der Waals surface area (Å²) < 4.78 is 5.84. The fraction of sp³-hybridized carbons (Fsp3) is 0.412. The number of hydrogen-bond donors (Lipinski definition) is 0. The molecule has 1 aliphatic heterocycles. The zero-order valence-corrected chi connectivity index (χ0v) is 11.7. The summed E-state index contributed by atoms with van der Waals surface area (Å²) in [4.78, 5) is 2.48. The van der Waals surface area contributed by atoms with E-state index in [4.69, 9.17) is 4.74 Å². The maximum atomic E-state index is 5.84. The predicted octanol–water partition coefficient (Wildman–Crippen LogP) is 3.58. The molecule has 2 rings (SSSR count). The first kappa shape index (κ1) is 14.0. The van der Waals surface area contributed by atoms with Crippen molar-refractivity contribution in [3.8, 4) is 0 Å². The molecule has 1 aromatic rings. The van der Waals surface area contributed by atoms with Crippen LogP contribution in [-0.4, -0.2) is 30.2 Å². The van der Waals surface area contributed by atoms with Gasteiger partial charge >= 0.3 is 0 Å². The third kappa shape index (κ3) is 3.55. The van der Waals surface area contributed by atoms with Crippen LogP contribution in [0.1, 0.15) is 24.9 Å². The molecule has 0 aromatic heterocycles. The van der Waals surface area contributed by atoms with E-state index in [1.165, 1.54) is 5.56 Å². The van der Waals surface area contributed by atoms with Crippen LogP contribution in [0, 0.1) is 0 Å². The Hall–Kier alpha value is -1.38. The average Bonchev–Trinajstić information content (AvgIpc) is 3.24. The highest BCUT2D eigenvalue weighted by Gasteiger charge is 2.43. The summed E-state index contributed by atoms with van der Waals surface area (Å²) in [7, 11) is 0. The third-order valence-corrected chi connectivity index (χ3v) is 3.73. The Morgan fingerprint density at radius 3 is 2.68 bits per heavy atom. The van der Waals surface area contributed by atoms with Crippen LogP contribution < -0.4 is 0 Å². The van der Waals surface area contributed by atoms with E-state index in [1.807, 2.05) is 12.2 Å². The van der Waals surface area contributed by atoms with E-state index in [1.54, 1.807) is 0 Å². The van der Waals surface area contributed by atoms with E-state index < -0.39 is 0 Å². The molecule has 0 amide bonds. The lowest BCUT2D eigenvalue weighted by Gasteiger charge is -2.19. The van der Waals surface area contributed by atoms with Crippen LogP contribution in [0.3, 0.4) is 0 Å². The molecule has 102 valence electrons. The van der Waals surface area contributed by atoms with E-state index >= 15 is 0 Å². The van der Waals surface area contributed by atoms with Crippen molar-refractivity contribution in [2.45, 2.75) is 31.5 Å². The summed E-state index contributed by atoms with van der Waals surface area (Å²) in [5, 5.41) is 0. The molecule has 0 spiro atoms. The Kier molecular flexibility index (Phi) is 4.94. The fourth-order valence-electron chi connectivity index (χ4n) is 2.56. The minimum atomic E-state index is 0.238.